The van der Waals surface area contributed by atoms with E-state index in [1.165, 1.54) is 19.2 Å². The van der Waals surface area contributed by atoms with E-state index in [0.29, 0.717) is 17.6 Å². The maximum atomic E-state index is 10.8. The summed E-state index contributed by atoms with van der Waals surface area (Å²) in [5, 5.41) is 0.281. The van der Waals surface area contributed by atoms with Crippen molar-refractivity contribution in [1.82, 2.24) is 0 Å². The van der Waals surface area contributed by atoms with E-state index in [1.807, 2.05) is 0 Å². The molecule has 0 bridgehead atoms. The molecule has 0 atom stereocenters. The van der Waals surface area contributed by atoms with E-state index in [9.17, 15) is 9.59 Å². The number of carbonyl (C=O) groups is 2. The zero-order valence-corrected chi connectivity index (χ0v) is 8.78. The van der Waals surface area contributed by atoms with E-state index in [1.54, 1.807) is 6.07 Å². The molecule has 0 N–H and O–H groups in total. The maximum Gasteiger partial charge on any atom is 0.343 e. The summed E-state index contributed by atoms with van der Waals surface area (Å²) in [7, 11) is 1.27. The Hall–Kier alpha value is -1.55. The summed E-state index contributed by atoms with van der Waals surface area (Å²) in [6.45, 7) is -0.212. The summed E-state index contributed by atoms with van der Waals surface area (Å²) in [4.78, 5) is 21.2. The summed E-state index contributed by atoms with van der Waals surface area (Å²) >= 11 is 5.80. The highest BCUT2D eigenvalue weighted by Gasteiger charge is 2.06. The van der Waals surface area contributed by atoms with Crippen LogP contribution in [0.2, 0.25) is 5.02 Å². The standard InChI is InChI=1S/C10H9ClO4/c1-14-10(13)6-15-9-3-2-7(5-12)4-8(9)11/h2-5H,6H2,1H3. The Morgan fingerprint density at radius 1 is 1.53 bits per heavy atom. The van der Waals surface area contributed by atoms with Gasteiger partial charge in [-0.1, -0.05) is 11.6 Å². The van der Waals surface area contributed by atoms with Crippen LogP contribution >= 0.6 is 11.6 Å². The minimum Gasteiger partial charge on any atom is -0.480 e. The van der Waals surface area contributed by atoms with Crippen molar-refractivity contribution in [1.29, 1.82) is 0 Å². The average molecular weight is 229 g/mol. The lowest BCUT2D eigenvalue weighted by Gasteiger charge is -2.06. The molecule has 0 amide bonds. The van der Waals surface area contributed by atoms with Gasteiger partial charge in [-0.05, 0) is 18.2 Å². The normalized spacial score (nSPS) is 9.47. The van der Waals surface area contributed by atoms with Crippen LogP contribution in [0.25, 0.3) is 0 Å². The molecule has 4 nitrogen and oxygen atoms in total. The lowest BCUT2D eigenvalue weighted by molar-refractivity contribution is -0.142. The highest BCUT2D eigenvalue weighted by atomic mass is 35.5. The van der Waals surface area contributed by atoms with Crippen LogP contribution in [0.5, 0.6) is 5.75 Å². The fraction of sp³-hybridized carbons (Fsp3) is 0.200. The van der Waals surface area contributed by atoms with Crippen molar-refractivity contribution in [3.8, 4) is 5.75 Å². The van der Waals surface area contributed by atoms with Gasteiger partial charge in [0.2, 0.25) is 0 Å². The van der Waals surface area contributed by atoms with Crippen LogP contribution < -0.4 is 4.74 Å². The van der Waals surface area contributed by atoms with Gasteiger partial charge in [0.25, 0.3) is 0 Å². The molecule has 0 unspecified atom stereocenters. The lowest BCUT2D eigenvalue weighted by atomic mass is 10.2. The molecule has 0 fully saturated rings. The number of carbonyl (C=O) groups excluding carboxylic acids is 2. The monoisotopic (exact) mass is 228 g/mol. The van der Waals surface area contributed by atoms with Gasteiger partial charge in [-0.25, -0.2) is 4.79 Å². The Bertz CT molecular complexity index is 376. The fourth-order valence-electron chi connectivity index (χ4n) is 0.903. The topological polar surface area (TPSA) is 52.6 Å². The molecule has 0 aliphatic rings. The molecular formula is C10H9ClO4. The number of benzene rings is 1. The summed E-state index contributed by atoms with van der Waals surface area (Å²) in [6.07, 6.45) is 0.677. The molecule has 5 heteroatoms. The smallest absolute Gasteiger partial charge is 0.343 e. The molecule has 15 heavy (non-hydrogen) atoms. The lowest BCUT2D eigenvalue weighted by Crippen LogP contribution is -2.12. The number of ether oxygens (including phenoxy) is 2. The van der Waals surface area contributed by atoms with Crippen molar-refractivity contribution in [3.05, 3.63) is 28.8 Å². The molecule has 0 saturated carbocycles. The Balaban J connectivity index is 2.70. The van der Waals surface area contributed by atoms with Crippen LogP contribution in [0.3, 0.4) is 0 Å². The van der Waals surface area contributed by atoms with Crippen molar-refractivity contribution in [2.24, 2.45) is 0 Å². The maximum absolute atomic E-state index is 10.8. The van der Waals surface area contributed by atoms with Crippen molar-refractivity contribution < 1.29 is 19.1 Å². The number of aldehydes is 1. The first-order valence-corrected chi connectivity index (χ1v) is 4.49. The summed E-state index contributed by atoms with van der Waals surface area (Å²) in [6, 6.07) is 4.53. The molecule has 0 aliphatic heterocycles. The average Bonchev–Trinajstić information content (AvgIpc) is 2.26. The third-order valence-corrected chi connectivity index (χ3v) is 1.96. The van der Waals surface area contributed by atoms with Gasteiger partial charge in [0.1, 0.15) is 12.0 Å². The predicted molar refractivity (Wildman–Crippen MR) is 54.4 cm³/mol. The quantitative estimate of drug-likeness (QED) is 0.582. The Labute approximate surface area is 91.7 Å². The Kier molecular flexibility index (Phi) is 4.12. The van der Waals surface area contributed by atoms with Gasteiger partial charge in [-0.3, -0.25) is 4.79 Å². The van der Waals surface area contributed by atoms with E-state index >= 15 is 0 Å². The molecule has 1 aromatic carbocycles. The number of halogens is 1. The van der Waals surface area contributed by atoms with Crippen molar-refractivity contribution >= 4 is 23.9 Å². The highest BCUT2D eigenvalue weighted by Crippen LogP contribution is 2.24. The molecule has 0 aliphatic carbocycles. The first-order valence-electron chi connectivity index (χ1n) is 4.11. The molecule has 0 saturated heterocycles. The molecular weight excluding hydrogens is 220 g/mol. The minimum atomic E-state index is -0.495. The summed E-state index contributed by atoms with van der Waals surface area (Å²) in [5.41, 5.74) is 0.449. The molecule has 1 rings (SSSR count). The van der Waals surface area contributed by atoms with Gasteiger partial charge >= 0.3 is 5.97 Å². The third kappa shape index (κ3) is 3.25. The van der Waals surface area contributed by atoms with Crippen LogP contribution in [0, 0.1) is 0 Å². The number of hydrogen-bond acceptors (Lipinski definition) is 4. The van der Waals surface area contributed by atoms with Crippen LogP contribution in [0.4, 0.5) is 0 Å². The zero-order valence-electron chi connectivity index (χ0n) is 8.03. The largest absolute Gasteiger partial charge is 0.480 e. The fourth-order valence-corrected chi connectivity index (χ4v) is 1.15. The second kappa shape index (κ2) is 5.36. The minimum absolute atomic E-state index is 0.212. The highest BCUT2D eigenvalue weighted by molar-refractivity contribution is 6.32. The SMILES string of the molecule is COC(=O)COc1ccc(C=O)cc1Cl. The molecule has 0 spiro atoms. The van der Waals surface area contributed by atoms with Crippen molar-refractivity contribution in [2.45, 2.75) is 0 Å². The van der Waals surface area contributed by atoms with Gasteiger partial charge in [0, 0.05) is 5.56 Å². The van der Waals surface area contributed by atoms with E-state index in [0.717, 1.165) is 0 Å². The van der Waals surface area contributed by atoms with Crippen LogP contribution in [0.1, 0.15) is 10.4 Å². The Morgan fingerprint density at radius 2 is 2.27 bits per heavy atom. The number of rotatable bonds is 4. The summed E-state index contributed by atoms with van der Waals surface area (Å²) < 4.78 is 9.46. The van der Waals surface area contributed by atoms with Crippen molar-refractivity contribution in [2.75, 3.05) is 13.7 Å². The van der Waals surface area contributed by atoms with E-state index < -0.39 is 5.97 Å². The van der Waals surface area contributed by atoms with Gasteiger partial charge in [-0.2, -0.15) is 0 Å². The second-order valence-electron chi connectivity index (χ2n) is 2.67. The van der Waals surface area contributed by atoms with Gasteiger partial charge < -0.3 is 9.47 Å². The third-order valence-electron chi connectivity index (χ3n) is 1.67. The van der Waals surface area contributed by atoms with Gasteiger partial charge in [0.05, 0.1) is 12.1 Å². The first kappa shape index (κ1) is 11.5. The van der Waals surface area contributed by atoms with E-state index in [4.69, 9.17) is 16.3 Å². The summed E-state index contributed by atoms with van der Waals surface area (Å²) in [5.74, 6) is -0.154. The molecule has 80 valence electrons. The molecule has 1 aromatic rings. The van der Waals surface area contributed by atoms with Crippen LogP contribution in [-0.2, 0) is 9.53 Å². The van der Waals surface area contributed by atoms with E-state index in [-0.39, 0.29) is 11.6 Å². The second-order valence-corrected chi connectivity index (χ2v) is 3.08. The molecule has 0 heterocycles. The number of hydrogen-bond donors (Lipinski definition) is 0. The van der Waals surface area contributed by atoms with Crippen molar-refractivity contribution in [3.63, 3.8) is 0 Å². The number of methoxy groups -OCH3 is 1. The van der Waals surface area contributed by atoms with Crippen LogP contribution in [0.15, 0.2) is 18.2 Å². The number of esters is 1. The Morgan fingerprint density at radius 3 is 2.80 bits per heavy atom. The van der Waals surface area contributed by atoms with E-state index in [2.05, 4.69) is 4.74 Å². The van der Waals surface area contributed by atoms with Crippen LogP contribution in [-0.4, -0.2) is 26.0 Å². The first-order chi connectivity index (χ1) is 7.17. The predicted octanol–water partition coefficient (Wildman–Crippen LogP) is 1.70. The zero-order chi connectivity index (χ0) is 11.3. The van der Waals surface area contributed by atoms with Gasteiger partial charge in [0.15, 0.2) is 6.61 Å². The molecule has 0 radical (unpaired) electrons. The molecule has 0 aromatic heterocycles. The van der Waals surface area contributed by atoms with Gasteiger partial charge in [-0.15, -0.1) is 0 Å².